The molecule has 1 heterocycles. The van der Waals surface area contributed by atoms with Gasteiger partial charge in [0.25, 0.3) is 0 Å². The van der Waals surface area contributed by atoms with Gasteiger partial charge in [0.05, 0.1) is 19.1 Å². The summed E-state index contributed by atoms with van der Waals surface area (Å²) < 4.78 is 30.9. The number of sulfonamides is 1. The Bertz CT molecular complexity index is 1200. The summed E-state index contributed by atoms with van der Waals surface area (Å²) in [7, 11) is -1.80. The second-order valence-corrected chi connectivity index (χ2v) is 10.1. The van der Waals surface area contributed by atoms with Crippen molar-refractivity contribution in [3.63, 3.8) is 0 Å². The molecule has 9 heteroatoms. The van der Waals surface area contributed by atoms with Crippen LogP contribution in [0.3, 0.4) is 0 Å². The highest BCUT2D eigenvalue weighted by Gasteiger charge is 2.17. The molecule has 0 amide bonds. The summed E-state index contributed by atoms with van der Waals surface area (Å²) in [5.41, 5.74) is 9.24. The van der Waals surface area contributed by atoms with Crippen LogP contribution in [0.5, 0.6) is 11.5 Å². The lowest BCUT2D eigenvalue weighted by Gasteiger charge is -2.20. The van der Waals surface area contributed by atoms with Crippen molar-refractivity contribution in [3.8, 4) is 22.8 Å². The number of hydrogen-bond donors (Lipinski definition) is 2. The van der Waals surface area contributed by atoms with E-state index in [9.17, 15) is 13.5 Å². The van der Waals surface area contributed by atoms with Gasteiger partial charge in [-0.1, -0.05) is 24.3 Å². The van der Waals surface area contributed by atoms with Gasteiger partial charge in [-0.2, -0.15) is 4.31 Å². The molecule has 0 spiro atoms. The van der Waals surface area contributed by atoms with E-state index in [0.29, 0.717) is 38.2 Å². The molecular formula is C25H32N4O4S. The van der Waals surface area contributed by atoms with Crippen LogP contribution < -0.4 is 10.5 Å². The number of rotatable bonds is 12. The first-order valence-electron chi connectivity index (χ1n) is 11.2. The van der Waals surface area contributed by atoms with Gasteiger partial charge in [0, 0.05) is 31.3 Å². The van der Waals surface area contributed by atoms with Gasteiger partial charge in [-0.3, -0.25) is 0 Å². The van der Waals surface area contributed by atoms with Crippen LogP contribution in [0.4, 0.5) is 0 Å². The number of aryl methyl sites for hydroxylation is 2. The van der Waals surface area contributed by atoms with Crippen molar-refractivity contribution >= 4 is 10.0 Å². The average molecular weight is 485 g/mol. The molecule has 8 nitrogen and oxygen atoms in total. The second kappa shape index (κ2) is 11.9. The monoisotopic (exact) mass is 484 g/mol. The molecule has 182 valence electrons. The van der Waals surface area contributed by atoms with Crippen molar-refractivity contribution in [3.05, 3.63) is 71.7 Å². The number of nitrogens with two attached hydrogens (primary N) is 1. The summed E-state index contributed by atoms with van der Waals surface area (Å²) in [5.74, 6) is 1.34. The quantitative estimate of drug-likeness (QED) is 0.405. The molecule has 0 unspecified atom stereocenters. The summed E-state index contributed by atoms with van der Waals surface area (Å²) in [5, 5.41) is 9.74. The minimum absolute atomic E-state index is 0.128. The standard InChI is InChI=1S/C25H32N4O4S/c1-33-24-17-19(10-11-23(24)30)6-4-9-25-27-14-12-22(28-25)21-8-3-7-20(16-21)18-29(15-5-13-26)34(2,31)32/h3,7-8,10-12,14,16-17,30H,4-6,9,13,15,18,26H2,1-2H3. The van der Waals surface area contributed by atoms with Crippen LogP contribution in [0.2, 0.25) is 0 Å². The number of aromatic nitrogens is 2. The predicted molar refractivity (Wildman–Crippen MR) is 133 cm³/mol. The lowest BCUT2D eigenvalue weighted by molar-refractivity contribution is 0.373. The Morgan fingerprint density at radius 3 is 2.62 bits per heavy atom. The van der Waals surface area contributed by atoms with Crippen molar-refractivity contribution in [2.24, 2.45) is 5.73 Å². The van der Waals surface area contributed by atoms with Gasteiger partial charge in [-0.25, -0.2) is 18.4 Å². The smallest absolute Gasteiger partial charge is 0.211 e. The third-order valence-electron chi connectivity index (χ3n) is 5.48. The summed E-state index contributed by atoms with van der Waals surface area (Å²) >= 11 is 0. The first-order chi connectivity index (χ1) is 16.3. The van der Waals surface area contributed by atoms with Crippen LogP contribution in [0.1, 0.15) is 29.8 Å². The topological polar surface area (TPSA) is 119 Å². The van der Waals surface area contributed by atoms with Crippen molar-refractivity contribution in [2.45, 2.75) is 32.2 Å². The Kier molecular flexibility index (Phi) is 8.98. The van der Waals surface area contributed by atoms with E-state index in [1.807, 2.05) is 42.5 Å². The van der Waals surface area contributed by atoms with Gasteiger partial charge in [-0.15, -0.1) is 0 Å². The molecule has 2 aromatic carbocycles. The van der Waals surface area contributed by atoms with Crippen LogP contribution in [0.15, 0.2) is 54.7 Å². The maximum atomic E-state index is 12.1. The molecular weight excluding hydrogens is 452 g/mol. The van der Waals surface area contributed by atoms with Gasteiger partial charge in [0.1, 0.15) is 5.82 Å². The van der Waals surface area contributed by atoms with Gasteiger partial charge in [0.2, 0.25) is 10.0 Å². The number of hydrogen-bond acceptors (Lipinski definition) is 7. The highest BCUT2D eigenvalue weighted by molar-refractivity contribution is 7.88. The first-order valence-corrected chi connectivity index (χ1v) is 13.1. The van der Waals surface area contributed by atoms with E-state index in [1.165, 1.54) is 17.7 Å². The van der Waals surface area contributed by atoms with E-state index in [0.717, 1.165) is 41.1 Å². The Balaban J connectivity index is 1.68. The lowest BCUT2D eigenvalue weighted by atomic mass is 10.1. The largest absolute Gasteiger partial charge is 0.504 e. The zero-order valence-electron chi connectivity index (χ0n) is 19.6. The molecule has 0 atom stereocenters. The number of methoxy groups -OCH3 is 1. The van der Waals surface area contributed by atoms with Crippen LogP contribution in [0, 0.1) is 0 Å². The third kappa shape index (κ3) is 7.24. The minimum Gasteiger partial charge on any atom is -0.504 e. The molecule has 3 rings (SSSR count). The SMILES string of the molecule is COc1cc(CCCc2nccc(-c3cccc(CN(CCCN)S(C)(=O)=O)c3)n2)ccc1O. The molecule has 0 saturated heterocycles. The summed E-state index contributed by atoms with van der Waals surface area (Å²) in [6.45, 7) is 1.13. The summed E-state index contributed by atoms with van der Waals surface area (Å²) in [6.07, 6.45) is 5.94. The maximum absolute atomic E-state index is 12.1. The maximum Gasteiger partial charge on any atom is 0.211 e. The third-order valence-corrected chi connectivity index (χ3v) is 6.73. The molecule has 34 heavy (non-hydrogen) atoms. The Morgan fingerprint density at radius 2 is 1.88 bits per heavy atom. The molecule has 0 fully saturated rings. The number of benzene rings is 2. The van der Waals surface area contributed by atoms with Crippen LogP contribution in [-0.4, -0.2) is 54.3 Å². The number of phenols is 1. The van der Waals surface area contributed by atoms with Gasteiger partial charge in [-0.05, 0) is 61.2 Å². The van der Waals surface area contributed by atoms with E-state index in [1.54, 1.807) is 12.3 Å². The first kappa shape index (κ1) is 25.6. The molecule has 0 saturated carbocycles. The van der Waals surface area contributed by atoms with E-state index >= 15 is 0 Å². The van der Waals surface area contributed by atoms with E-state index in [-0.39, 0.29) is 5.75 Å². The molecule has 0 bridgehead atoms. The predicted octanol–water partition coefficient (Wildman–Crippen LogP) is 3.14. The molecule has 0 aliphatic heterocycles. The van der Waals surface area contributed by atoms with Crippen molar-refractivity contribution < 1.29 is 18.3 Å². The van der Waals surface area contributed by atoms with Crippen LogP contribution in [-0.2, 0) is 29.4 Å². The Morgan fingerprint density at radius 1 is 1.06 bits per heavy atom. The highest BCUT2D eigenvalue weighted by Crippen LogP contribution is 2.27. The number of phenolic OH excluding ortho intramolecular Hbond substituents is 1. The fraction of sp³-hybridized carbons (Fsp3) is 0.360. The molecule has 0 aliphatic rings. The van der Waals surface area contributed by atoms with Crippen molar-refractivity contribution in [1.29, 1.82) is 0 Å². The zero-order chi connectivity index (χ0) is 24.6. The lowest BCUT2D eigenvalue weighted by Crippen LogP contribution is -2.31. The molecule has 3 aromatic rings. The van der Waals surface area contributed by atoms with Gasteiger partial charge < -0.3 is 15.6 Å². The van der Waals surface area contributed by atoms with Crippen LogP contribution in [0.25, 0.3) is 11.3 Å². The second-order valence-electron chi connectivity index (χ2n) is 8.16. The molecule has 0 radical (unpaired) electrons. The number of aromatic hydroxyl groups is 1. The van der Waals surface area contributed by atoms with E-state index in [4.69, 9.17) is 15.5 Å². The summed E-state index contributed by atoms with van der Waals surface area (Å²) in [4.78, 5) is 9.12. The molecule has 1 aromatic heterocycles. The number of ether oxygens (including phenoxy) is 1. The van der Waals surface area contributed by atoms with E-state index < -0.39 is 10.0 Å². The minimum atomic E-state index is -3.33. The summed E-state index contributed by atoms with van der Waals surface area (Å²) in [6, 6.07) is 15.0. The Hall–Kier alpha value is -3.01. The van der Waals surface area contributed by atoms with E-state index in [2.05, 4.69) is 4.98 Å². The zero-order valence-corrected chi connectivity index (χ0v) is 20.5. The van der Waals surface area contributed by atoms with Crippen molar-refractivity contribution in [1.82, 2.24) is 14.3 Å². The fourth-order valence-corrected chi connectivity index (χ4v) is 4.52. The van der Waals surface area contributed by atoms with Gasteiger partial charge >= 0.3 is 0 Å². The highest BCUT2D eigenvalue weighted by atomic mass is 32.2. The van der Waals surface area contributed by atoms with Gasteiger partial charge in [0.15, 0.2) is 11.5 Å². The molecule has 3 N–H and O–H groups in total. The van der Waals surface area contributed by atoms with Crippen molar-refractivity contribution in [2.75, 3.05) is 26.5 Å². The molecule has 0 aliphatic carbocycles. The fourth-order valence-electron chi connectivity index (χ4n) is 3.67. The number of nitrogens with zero attached hydrogens (tertiary/aromatic N) is 3. The Labute approximate surface area is 201 Å². The normalized spacial score (nSPS) is 11.6. The average Bonchev–Trinajstić information content (AvgIpc) is 2.82. The van der Waals surface area contributed by atoms with Crippen LogP contribution >= 0.6 is 0 Å².